The van der Waals surface area contributed by atoms with Gasteiger partial charge in [0.25, 0.3) is 11.8 Å². The van der Waals surface area contributed by atoms with Crippen LogP contribution in [0, 0.1) is 0 Å². The third kappa shape index (κ3) is 5.80. The highest BCUT2D eigenvalue weighted by atomic mass is 79.9. The molecule has 0 aromatic heterocycles. The van der Waals surface area contributed by atoms with Crippen molar-refractivity contribution < 1.29 is 14.3 Å². The first-order valence-corrected chi connectivity index (χ1v) is 9.63. The van der Waals surface area contributed by atoms with Crippen LogP contribution in [0.4, 0.5) is 5.69 Å². The number of hydrogen-bond donors (Lipinski definition) is 2. The maximum atomic E-state index is 12.9. The number of ether oxygens (including phenoxy) is 1. The molecule has 3 rings (SSSR count). The van der Waals surface area contributed by atoms with Gasteiger partial charge < -0.3 is 15.4 Å². The lowest BCUT2D eigenvalue weighted by Gasteiger charge is -2.12. The van der Waals surface area contributed by atoms with Gasteiger partial charge in [0, 0.05) is 15.7 Å². The molecule has 6 heteroatoms. The van der Waals surface area contributed by atoms with Crippen LogP contribution >= 0.6 is 15.9 Å². The van der Waals surface area contributed by atoms with Crippen molar-refractivity contribution in [1.29, 1.82) is 0 Å². The van der Waals surface area contributed by atoms with Crippen LogP contribution in [0.15, 0.2) is 89.0 Å². The normalized spacial score (nSPS) is 10.9. The Kier molecular flexibility index (Phi) is 6.81. The van der Waals surface area contributed by atoms with Gasteiger partial charge in [0.05, 0.1) is 7.11 Å². The molecule has 146 valence electrons. The van der Waals surface area contributed by atoms with Crippen LogP contribution in [0.3, 0.4) is 0 Å². The van der Waals surface area contributed by atoms with E-state index in [4.69, 9.17) is 4.74 Å². The van der Waals surface area contributed by atoms with Gasteiger partial charge in [-0.2, -0.15) is 0 Å². The fraction of sp³-hybridized carbons (Fsp3) is 0.0435. The zero-order chi connectivity index (χ0) is 20.6. The zero-order valence-electron chi connectivity index (χ0n) is 15.7. The second-order valence-electron chi connectivity index (χ2n) is 6.11. The van der Waals surface area contributed by atoms with Crippen molar-refractivity contribution in [3.05, 3.63) is 100 Å². The lowest BCUT2D eigenvalue weighted by atomic mass is 10.1. The second-order valence-corrected chi connectivity index (χ2v) is 7.03. The van der Waals surface area contributed by atoms with E-state index in [-0.39, 0.29) is 11.6 Å². The van der Waals surface area contributed by atoms with Crippen molar-refractivity contribution >= 4 is 39.5 Å². The summed E-state index contributed by atoms with van der Waals surface area (Å²) in [6, 6.07) is 23.2. The Morgan fingerprint density at radius 2 is 1.55 bits per heavy atom. The number of halogens is 1. The topological polar surface area (TPSA) is 67.4 Å². The lowest BCUT2D eigenvalue weighted by molar-refractivity contribution is -0.113. The van der Waals surface area contributed by atoms with Crippen LogP contribution in [-0.2, 0) is 4.79 Å². The molecule has 2 amide bonds. The van der Waals surface area contributed by atoms with Gasteiger partial charge in [-0.3, -0.25) is 9.59 Å². The van der Waals surface area contributed by atoms with Gasteiger partial charge in [0.2, 0.25) is 0 Å². The minimum Gasteiger partial charge on any atom is -0.497 e. The highest BCUT2D eigenvalue weighted by molar-refractivity contribution is 9.10. The van der Waals surface area contributed by atoms with E-state index >= 15 is 0 Å². The average Bonchev–Trinajstić information content (AvgIpc) is 2.75. The molecular weight excluding hydrogens is 432 g/mol. The Bertz CT molecular complexity index is 1010. The Hall–Kier alpha value is -3.38. The number of rotatable bonds is 6. The zero-order valence-corrected chi connectivity index (χ0v) is 17.3. The Balaban J connectivity index is 1.83. The summed E-state index contributed by atoms with van der Waals surface area (Å²) in [5.74, 6) is -0.111. The second kappa shape index (κ2) is 9.71. The summed E-state index contributed by atoms with van der Waals surface area (Å²) in [6.07, 6.45) is 1.63. The molecule has 0 radical (unpaired) electrons. The summed E-state index contributed by atoms with van der Waals surface area (Å²) in [5, 5.41) is 5.51. The predicted molar refractivity (Wildman–Crippen MR) is 118 cm³/mol. The number of carbonyl (C=O) groups excluding carboxylic acids is 2. The fourth-order valence-electron chi connectivity index (χ4n) is 2.54. The van der Waals surface area contributed by atoms with Crippen molar-refractivity contribution in [3.63, 3.8) is 0 Å². The summed E-state index contributed by atoms with van der Waals surface area (Å²) in [6.45, 7) is 0. The van der Waals surface area contributed by atoms with Crippen molar-refractivity contribution in [1.82, 2.24) is 5.32 Å². The van der Waals surface area contributed by atoms with E-state index in [1.54, 1.807) is 61.7 Å². The number of carbonyl (C=O) groups is 2. The van der Waals surface area contributed by atoms with Gasteiger partial charge in [-0.05, 0) is 60.2 Å². The van der Waals surface area contributed by atoms with Crippen LogP contribution in [0.2, 0.25) is 0 Å². The van der Waals surface area contributed by atoms with E-state index in [2.05, 4.69) is 26.6 Å². The maximum Gasteiger partial charge on any atom is 0.272 e. The van der Waals surface area contributed by atoms with E-state index in [1.807, 2.05) is 30.3 Å². The summed E-state index contributed by atoms with van der Waals surface area (Å²) in [5.41, 5.74) is 1.97. The van der Waals surface area contributed by atoms with Crippen LogP contribution in [0.5, 0.6) is 5.75 Å². The van der Waals surface area contributed by atoms with E-state index in [0.29, 0.717) is 17.0 Å². The number of benzene rings is 3. The molecule has 5 nitrogen and oxygen atoms in total. The average molecular weight is 451 g/mol. The van der Waals surface area contributed by atoms with Gasteiger partial charge >= 0.3 is 0 Å². The largest absolute Gasteiger partial charge is 0.497 e. The van der Waals surface area contributed by atoms with Crippen LogP contribution in [0.1, 0.15) is 15.9 Å². The number of anilines is 1. The summed E-state index contributed by atoms with van der Waals surface area (Å²) >= 11 is 3.34. The molecule has 29 heavy (non-hydrogen) atoms. The first kappa shape index (κ1) is 20.4. The molecule has 3 aromatic carbocycles. The molecule has 0 saturated heterocycles. The number of amides is 2. The molecule has 0 aliphatic rings. The lowest BCUT2D eigenvalue weighted by Crippen LogP contribution is -2.30. The van der Waals surface area contributed by atoms with Crippen molar-refractivity contribution in [2.75, 3.05) is 12.4 Å². The molecular formula is C23H19BrN2O3. The third-order valence-electron chi connectivity index (χ3n) is 4.06. The minimum atomic E-state index is -0.426. The van der Waals surface area contributed by atoms with Gasteiger partial charge in [-0.15, -0.1) is 0 Å². The van der Waals surface area contributed by atoms with Crippen LogP contribution < -0.4 is 15.4 Å². The van der Waals surface area contributed by atoms with Crippen LogP contribution in [-0.4, -0.2) is 18.9 Å². The highest BCUT2D eigenvalue weighted by Crippen LogP contribution is 2.16. The summed E-state index contributed by atoms with van der Waals surface area (Å²) in [7, 11) is 1.58. The molecule has 0 unspecified atom stereocenters. The van der Waals surface area contributed by atoms with Gasteiger partial charge in [0.1, 0.15) is 11.4 Å². The number of hydrogen-bond acceptors (Lipinski definition) is 3. The van der Waals surface area contributed by atoms with Gasteiger partial charge in [-0.1, -0.05) is 46.3 Å². The fourth-order valence-corrected chi connectivity index (χ4v) is 2.81. The molecule has 0 heterocycles. The molecule has 0 saturated carbocycles. The molecule has 0 fully saturated rings. The standard InChI is InChI=1S/C23H19BrN2O3/c1-29-20-13-11-19(12-14-20)25-23(28)21(15-16-5-3-2-4-6-16)26-22(27)17-7-9-18(24)10-8-17/h2-15H,1H3,(H,25,28)(H,26,27)/b21-15+. The predicted octanol–water partition coefficient (Wildman–Crippen LogP) is 4.87. The Morgan fingerprint density at radius 3 is 2.17 bits per heavy atom. The monoisotopic (exact) mass is 450 g/mol. The molecule has 0 spiro atoms. The molecule has 0 aliphatic carbocycles. The summed E-state index contributed by atoms with van der Waals surface area (Å²) < 4.78 is 5.99. The van der Waals surface area contributed by atoms with E-state index in [9.17, 15) is 9.59 Å². The Labute approximate surface area is 177 Å². The summed E-state index contributed by atoms with van der Waals surface area (Å²) in [4.78, 5) is 25.5. The molecule has 0 aliphatic heterocycles. The smallest absolute Gasteiger partial charge is 0.272 e. The van der Waals surface area contributed by atoms with Gasteiger partial charge in [-0.25, -0.2) is 0 Å². The molecule has 0 bridgehead atoms. The molecule has 0 atom stereocenters. The first-order valence-electron chi connectivity index (χ1n) is 8.84. The number of methoxy groups -OCH3 is 1. The Morgan fingerprint density at radius 1 is 0.897 bits per heavy atom. The van der Waals surface area contributed by atoms with Crippen LogP contribution in [0.25, 0.3) is 6.08 Å². The highest BCUT2D eigenvalue weighted by Gasteiger charge is 2.15. The number of nitrogens with one attached hydrogen (secondary N) is 2. The quantitative estimate of drug-likeness (QED) is 0.526. The van der Waals surface area contributed by atoms with Crippen molar-refractivity contribution in [2.24, 2.45) is 0 Å². The SMILES string of the molecule is COc1ccc(NC(=O)/C(=C\c2ccccc2)NC(=O)c2ccc(Br)cc2)cc1. The van der Waals surface area contributed by atoms with Crippen molar-refractivity contribution in [2.45, 2.75) is 0 Å². The minimum absolute atomic E-state index is 0.139. The van der Waals surface area contributed by atoms with Gasteiger partial charge in [0.15, 0.2) is 0 Å². The van der Waals surface area contributed by atoms with E-state index in [1.165, 1.54) is 0 Å². The third-order valence-corrected chi connectivity index (χ3v) is 4.59. The van der Waals surface area contributed by atoms with E-state index < -0.39 is 5.91 Å². The molecule has 2 N–H and O–H groups in total. The maximum absolute atomic E-state index is 12.9. The molecule has 3 aromatic rings. The first-order chi connectivity index (χ1) is 14.0. The van der Waals surface area contributed by atoms with E-state index in [0.717, 1.165) is 10.0 Å². The van der Waals surface area contributed by atoms with Crippen molar-refractivity contribution in [3.8, 4) is 5.75 Å².